The highest BCUT2D eigenvalue weighted by atomic mass is 16.5. The van der Waals surface area contributed by atoms with E-state index >= 15 is 0 Å². The van der Waals surface area contributed by atoms with E-state index in [4.69, 9.17) is 14.2 Å². The number of carbonyl (C=O) groups excluding carboxylic acids is 1. The minimum atomic E-state index is -0.0684. The highest BCUT2D eigenvalue weighted by Crippen LogP contribution is 2.36. The Hall–Kier alpha value is -3.01. The van der Waals surface area contributed by atoms with Gasteiger partial charge in [0.05, 0.1) is 18.8 Å². The first-order valence-electron chi connectivity index (χ1n) is 10.9. The Bertz CT molecular complexity index is 892. The van der Waals surface area contributed by atoms with Crippen LogP contribution < -0.4 is 14.2 Å². The van der Waals surface area contributed by atoms with E-state index in [0.29, 0.717) is 24.3 Å². The van der Waals surface area contributed by atoms with E-state index in [1.807, 2.05) is 64.1 Å². The van der Waals surface area contributed by atoms with Crippen molar-refractivity contribution < 1.29 is 19.0 Å². The van der Waals surface area contributed by atoms with Crippen LogP contribution >= 0.6 is 0 Å². The molecule has 2 aromatic carbocycles. The molecule has 31 heavy (non-hydrogen) atoms. The molecular formula is C27H34O4. The predicted octanol–water partition coefficient (Wildman–Crippen LogP) is 6.67. The topological polar surface area (TPSA) is 44.8 Å². The highest BCUT2D eigenvalue weighted by molar-refractivity contribution is 6.06. The SMILES string of the molecule is C=CCc1cc(C=CC(=O)c2ccc(OCCC)cc2)cc(OC(C)C)c1OC(C)C. The average molecular weight is 423 g/mol. The van der Waals surface area contributed by atoms with Gasteiger partial charge in [0.1, 0.15) is 5.75 Å². The van der Waals surface area contributed by atoms with Crippen LogP contribution in [0, 0.1) is 0 Å². The van der Waals surface area contributed by atoms with Gasteiger partial charge in [-0.1, -0.05) is 19.1 Å². The van der Waals surface area contributed by atoms with Gasteiger partial charge in [0.15, 0.2) is 17.3 Å². The summed E-state index contributed by atoms with van der Waals surface area (Å²) in [6.07, 6.45) is 6.83. The molecule has 0 atom stereocenters. The number of carbonyl (C=O) groups is 1. The Morgan fingerprint density at radius 2 is 1.71 bits per heavy atom. The molecular weight excluding hydrogens is 388 g/mol. The molecule has 0 aliphatic carbocycles. The number of ketones is 1. The maximum Gasteiger partial charge on any atom is 0.185 e. The van der Waals surface area contributed by atoms with Crippen molar-refractivity contribution in [2.75, 3.05) is 6.61 Å². The highest BCUT2D eigenvalue weighted by Gasteiger charge is 2.15. The Morgan fingerprint density at radius 1 is 1.03 bits per heavy atom. The van der Waals surface area contributed by atoms with Crippen molar-refractivity contribution in [3.8, 4) is 17.2 Å². The number of hydrogen-bond acceptors (Lipinski definition) is 4. The van der Waals surface area contributed by atoms with Crippen LogP contribution in [-0.4, -0.2) is 24.6 Å². The van der Waals surface area contributed by atoms with Gasteiger partial charge >= 0.3 is 0 Å². The molecule has 0 aliphatic rings. The van der Waals surface area contributed by atoms with Gasteiger partial charge < -0.3 is 14.2 Å². The number of rotatable bonds is 12. The second-order valence-electron chi connectivity index (χ2n) is 7.90. The van der Waals surface area contributed by atoms with E-state index in [9.17, 15) is 4.79 Å². The quantitative estimate of drug-likeness (QED) is 0.218. The van der Waals surface area contributed by atoms with Gasteiger partial charge in [0, 0.05) is 11.1 Å². The second-order valence-corrected chi connectivity index (χ2v) is 7.90. The molecule has 0 bridgehead atoms. The molecule has 0 aromatic heterocycles. The molecule has 0 N–H and O–H groups in total. The van der Waals surface area contributed by atoms with Gasteiger partial charge in [-0.2, -0.15) is 0 Å². The van der Waals surface area contributed by atoms with E-state index in [1.165, 1.54) is 0 Å². The standard InChI is InChI=1S/C27H34O4/c1-7-9-23-17-21(18-26(30-19(3)4)27(23)31-20(5)6)10-15-25(28)22-11-13-24(14-12-22)29-16-8-2/h7,10-15,17-20H,1,8-9,16H2,2-6H3. The molecule has 0 radical (unpaired) electrons. The number of benzene rings is 2. The predicted molar refractivity (Wildman–Crippen MR) is 127 cm³/mol. The van der Waals surface area contributed by atoms with E-state index < -0.39 is 0 Å². The van der Waals surface area contributed by atoms with Gasteiger partial charge in [-0.15, -0.1) is 6.58 Å². The lowest BCUT2D eigenvalue weighted by Gasteiger charge is -2.20. The molecule has 2 aromatic rings. The van der Waals surface area contributed by atoms with Crippen molar-refractivity contribution in [3.63, 3.8) is 0 Å². The first-order chi connectivity index (χ1) is 14.8. The molecule has 166 valence electrons. The minimum absolute atomic E-state index is 0.000367. The lowest BCUT2D eigenvalue weighted by Crippen LogP contribution is -2.12. The van der Waals surface area contributed by atoms with Gasteiger partial charge in [-0.3, -0.25) is 4.79 Å². The Kier molecular flexibility index (Phi) is 9.39. The maximum atomic E-state index is 12.6. The summed E-state index contributed by atoms with van der Waals surface area (Å²) in [5.41, 5.74) is 2.47. The summed E-state index contributed by atoms with van der Waals surface area (Å²) in [4.78, 5) is 12.6. The van der Waals surface area contributed by atoms with Crippen molar-refractivity contribution in [1.82, 2.24) is 0 Å². The number of allylic oxidation sites excluding steroid dienone is 2. The summed E-state index contributed by atoms with van der Waals surface area (Å²) >= 11 is 0. The molecule has 0 unspecified atom stereocenters. The zero-order chi connectivity index (χ0) is 22.8. The monoisotopic (exact) mass is 422 g/mol. The van der Waals surface area contributed by atoms with Crippen molar-refractivity contribution in [2.45, 2.75) is 59.7 Å². The minimum Gasteiger partial charge on any atom is -0.494 e. The van der Waals surface area contributed by atoms with Gasteiger partial charge in [0.2, 0.25) is 0 Å². The fraction of sp³-hybridized carbons (Fsp3) is 0.370. The molecule has 0 saturated carbocycles. The lowest BCUT2D eigenvalue weighted by atomic mass is 10.0. The molecule has 0 amide bonds. The van der Waals surface area contributed by atoms with Gasteiger partial charge in [-0.05, 0) is 88.6 Å². The summed E-state index contributed by atoms with van der Waals surface area (Å²) in [7, 11) is 0. The van der Waals surface area contributed by atoms with E-state index in [2.05, 4.69) is 13.5 Å². The molecule has 4 heteroatoms. The summed E-state index contributed by atoms with van der Waals surface area (Å²) in [5, 5.41) is 0. The Labute approximate surface area is 186 Å². The van der Waals surface area contributed by atoms with Crippen LogP contribution in [0.4, 0.5) is 0 Å². The van der Waals surface area contributed by atoms with Crippen molar-refractivity contribution in [2.24, 2.45) is 0 Å². The average Bonchev–Trinajstić information content (AvgIpc) is 2.72. The maximum absolute atomic E-state index is 12.6. The third-order valence-corrected chi connectivity index (χ3v) is 4.27. The summed E-state index contributed by atoms with van der Waals surface area (Å²) in [5.74, 6) is 2.11. The summed E-state index contributed by atoms with van der Waals surface area (Å²) in [6.45, 7) is 14.5. The summed E-state index contributed by atoms with van der Waals surface area (Å²) < 4.78 is 17.6. The van der Waals surface area contributed by atoms with Crippen LogP contribution in [0.5, 0.6) is 17.2 Å². The van der Waals surface area contributed by atoms with E-state index in [1.54, 1.807) is 18.2 Å². The zero-order valence-electron chi connectivity index (χ0n) is 19.3. The molecule has 4 nitrogen and oxygen atoms in total. The van der Waals surface area contributed by atoms with E-state index in [-0.39, 0.29) is 18.0 Å². The van der Waals surface area contributed by atoms with Crippen LogP contribution in [0.2, 0.25) is 0 Å². The van der Waals surface area contributed by atoms with Crippen LogP contribution in [0.3, 0.4) is 0 Å². The molecule has 0 spiro atoms. The summed E-state index contributed by atoms with van der Waals surface area (Å²) in [6, 6.07) is 11.1. The van der Waals surface area contributed by atoms with E-state index in [0.717, 1.165) is 29.0 Å². The third kappa shape index (κ3) is 7.63. The van der Waals surface area contributed by atoms with Gasteiger partial charge in [-0.25, -0.2) is 0 Å². The number of ether oxygens (including phenoxy) is 3. The van der Waals surface area contributed by atoms with Crippen molar-refractivity contribution >= 4 is 11.9 Å². The second kappa shape index (κ2) is 12.0. The fourth-order valence-electron chi connectivity index (χ4n) is 3.00. The first kappa shape index (κ1) is 24.3. The largest absolute Gasteiger partial charge is 0.494 e. The normalized spacial score (nSPS) is 11.2. The van der Waals surface area contributed by atoms with Crippen molar-refractivity contribution in [3.05, 3.63) is 71.8 Å². The van der Waals surface area contributed by atoms with Crippen molar-refractivity contribution in [1.29, 1.82) is 0 Å². The Morgan fingerprint density at radius 3 is 2.29 bits per heavy atom. The van der Waals surface area contributed by atoms with Crippen LogP contribution in [0.25, 0.3) is 6.08 Å². The molecule has 2 rings (SSSR count). The zero-order valence-corrected chi connectivity index (χ0v) is 19.3. The lowest BCUT2D eigenvalue weighted by molar-refractivity contribution is 0.104. The molecule has 0 aliphatic heterocycles. The van der Waals surface area contributed by atoms with Crippen LogP contribution in [0.15, 0.2) is 55.1 Å². The smallest absolute Gasteiger partial charge is 0.185 e. The Balaban J connectivity index is 2.29. The van der Waals surface area contributed by atoms with Crippen LogP contribution in [0.1, 0.15) is 62.5 Å². The number of hydrogen-bond donors (Lipinski definition) is 0. The van der Waals surface area contributed by atoms with Gasteiger partial charge in [0.25, 0.3) is 0 Å². The fourth-order valence-corrected chi connectivity index (χ4v) is 3.00. The van der Waals surface area contributed by atoms with Crippen LogP contribution in [-0.2, 0) is 6.42 Å². The third-order valence-electron chi connectivity index (χ3n) is 4.27. The molecule has 0 fully saturated rings. The molecule has 0 saturated heterocycles. The first-order valence-corrected chi connectivity index (χ1v) is 10.9. The molecule has 0 heterocycles.